The predicted molar refractivity (Wildman–Crippen MR) is 78.2 cm³/mol. The topological polar surface area (TPSA) is 62.6 Å². The van der Waals surface area contributed by atoms with Crippen LogP contribution in [0.4, 0.5) is 0 Å². The lowest BCUT2D eigenvalue weighted by molar-refractivity contribution is 0.378. The number of nitrogens with one attached hydrogen (secondary N) is 1. The Bertz CT molecular complexity index is 577. The van der Waals surface area contributed by atoms with Gasteiger partial charge in [-0.25, -0.2) is 8.42 Å². The third-order valence-corrected chi connectivity index (χ3v) is 6.19. The zero-order valence-corrected chi connectivity index (χ0v) is 13.5. The largest absolute Gasteiger partial charge is 0.465 e. The van der Waals surface area contributed by atoms with E-state index in [4.69, 9.17) is 4.42 Å². The maximum Gasteiger partial charge on any atom is 0.247 e. The molecule has 1 N–H and O–H groups in total. The van der Waals surface area contributed by atoms with Crippen LogP contribution in [0.3, 0.4) is 0 Å². The number of rotatable bonds is 5. The number of hydrogen-bond acceptors (Lipinski definition) is 4. The summed E-state index contributed by atoms with van der Waals surface area (Å²) < 4.78 is 33.2. The molecule has 1 aromatic rings. The zero-order valence-electron chi connectivity index (χ0n) is 12.7. The second-order valence-electron chi connectivity index (χ2n) is 5.37. The van der Waals surface area contributed by atoms with Crippen LogP contribution in [0.2, 0.25) is 0 Å². The van der Waals surface area contributed by atoms with Crippen molar-refractivity contribution in [1.29, 1.82) is 0 Å². The molecule has 2 rings (SSSR count). The number of nitrogens with zero attached hydrogens (tertiary/aromatic N) is 1. The third-order valence-electron chi connectivity index (χ3n) is 4.04. The molecule has 0 spiro atoms. The van der Waals surface area contributed by atoms with Crippen LogP contribution in [0.5, 0.6) is 0 Å². The first-order valence-electron chi connectivity index (χ1n) is 7.18. The second kappa shape index (κ2) is 5.87. The van der Waals surface area contributed by atoms with Crippen LogP contribution >= 0.6 is 0 Å². The summed E-state index contributed by atoms with van der Waals surface area (Å²) in [6, 6.07) is 0.122. The standard InChI is InChI=1S/C14H24N2O3S/c1-5-12-7-6-8-16(12)20(17,18)14-11(3)19-10(2)13(14)9-15-4/h12,15H,5-9H2,1-4H3. The van der Waals surface area contributed by atoms with E-state index in [0.717, 1.165) is 24.8 Å². The van der Waals surface area contributed by atoms with Crippen molar-refractivity contribution in [2.45, 2.75) is 57.5 Å². The van der Waals surface area contributed by atoms with Gasteiger partial charge in [0.15, 0.2) is 0 Å². The van der Waals surface area contributed by atoms with Gasteiger partial charge >= 0.3 is 0 Å². The molecule has 1 atom stereocenters. The molecule has 0 aliphatic carbocycles. The van der Waals surface area contributed by atoms with Gasteiger partial charge in [0.1, 0.15) is 16.4 Å². The van der Waals surface area contributed by atoms with Gasteiger partial charge in [0.25, 0.3) is 0 Å². The summed E-state index contributed by atoms with van der Waals surface area (Å²) in [6.45, 7) is 6.71. The van der Waals surface area contributed by atoms with E-state index in [1.165, 1.54) is 0 Å². The average Bonchev–Trinajstić information content (AvgIpc) is 2.95. The summed E-state index contributed by atoms with van der Waals surface area (Å²) in [5, 5.41) is 3.02. The first-order chi connectivity index (χ1) is 9.43. The van der Waals surface area contributed by atoms with E-state index in [1.54, 1.807) is 11.2 Å². The fourth-order valence-electron chi connectivity index (χ4n) is 3.08. The minimum Gasteiger partial charge on any atom is -0.465 e. The van der Waals surface area contributed by atoms with Crippen molar-refractivity contribution in [1.82, 2.24) is 9.62 Å². The summed E-state index contributed by atoms with van der Waals surface area (Å²) in [5.41, 5.74) is 0.756. The SMILES string of the molecule is CCC1CCCN1S(=O)(=O)c1c(C)oc(C)c1CNC. The first-order valence-corrected chi connectivity index (χ1v) is 8.62. The van der Waals surface area contributed by atoms with Gasteiger partial charge < -0.3 is 9.73 Å². The maximum atomic E-state index is 13.0. The molecule has 6 heteroatoms. The molecule has 1 unspecified atom stereocenters. The third kappa shape index (κ3) is 2.52. The Morgan fingerprint density at radius 1 is 1.35 bits per heavy atom. The van der Waals surface area contributed by atoms with Gasteiger partial charge in [0.2, 0.25) is 10.0 Å². The van der Waals surface area contributed by atoms with Gasteiger partial charge in [-0.05, 0) is 40.2 Å². The lowest BCUT2D eigenvalue weighted by Gasteiger charge is -2.23. The van der Waals surface area contributed by atoms with E-state index in [2.05, 4.69) is 5.32 Å². The van der Waals surface area contributed by atoms with Crippen molar-refractivity contribution >= 4 is 10.0 Å². The van der Waals surface area contributed by atoms with Crippen molar-refractivity contribution in [3.05, 3.63) is 17.1 Å². The highest BCUT2D eigenvalue weighted by molar-refractivity contribution is 7.89. The first kappa shape index (κ1) is 15.5. The molecule has 2 heterocycles. The molecule has 1 aromatic heterocycles. The molecule has 1 saturated heterocycles. The monoisotopic (exact) mass is 300 g/mol. The Balaban J connectivity index is 2.49. The molecule has 0 radical (unpaired) electrons. The van der Waals surface area contributed by atoms with Crippen molar-refractivity contribution in [2.75, 3.05) is 13.6 Å². The lowest BCUT2D eigenvalue weighted by Crippen LogP contribution is -2.35. The van der Waals surface area contributed by atoms with Crippen molar-refractivity contribution in [3.63, 3.8) is 0 Å². The summed E-state index contributed by atoms with van der Waals surface area (Å²) in [5.74, 6) is 1.18. The van der Waals surface area contributed by atoms with Crippen LogP contribution in [-0.4, -0.2) is 32.4 Å². The van der Waals surface area contributed by atoms with E-state index < -0.39 is 10.0 Å². The van der Waals surface area contributed by atoms with Crippen LogP contribution in [-0.2, 0) is 16.6 Å². The van der Waals surface area contributed by atoms with Crippen LogP contribution in [0.25, 0.3) is 0 Å². The zero-order chi connectivity index (χ0) is 14.9. The Morgan fingerprint density at radius 2 is 2.05 bits per heavy atom. The summed E-state index contributed by atoms with van der Waals surface area (Å²) in [4.78, 5) is 0.365. The average molecular weight is 300 g/mol. The molecular weight excluding hydrogens is 276 g/mol. The minimum atomic E-state index is -3.46. The van der Waals surface area contributed by atoms with E-state index in [1.807, 2.05) is 20.9 Å². The van der Waals surface area contributed by atoms with E-state index in [9.17, 15) is 8.42 Å². The Labute approximate surface area is 121 Å². The maximum absolute atomic E-state index is 13.0. The van der Waals surface area contributed by atoms with E-state index in [-0.39, 0.29) is 6.04 Å². The molecule has 1 aliphatic rings. The van der Waals surface area contributed by atoms with Gasteiger partial charge in [0.05, 0.1) is 0 Å². The fourth-order valence-corrected chi connectivity index (χ4v) is 5.26. The summed E-state index contributed by atoms with van der Waals surface area (Å²) >= 11 is 0. The Hall–Kier alpha value is -0.850. The molecule has 0 aromatic carbocycles. The number of hydrogen-bond donors (Lipinski definition) is 1. The molecule has 0 bridgehead atoms. The van der Waals surface area contributed by atoms with Gasteiger partial charge in [-0.3, -0.25) is 0 Å². The molecule has 0 saturated carbocycles. The second-order valence-corrected chi connectivity index (χ2v) is 7.20. The van der Waals surface area contributed by atoms with Gasteiger partial charge in [-0.2, -0.15) is 4.31 Å². The van der Waals surface area contributed by atoms with Crippen LogP contribution in [0.1, 0.15) is 43.3 Å². The predicted octanol–water partition coefficient (Wildman–Crippen LogP) is 2.18. The Morgan fingerprint density at radius 3 is 2.65 bits per heavy atom. The minimum absolute atomic E-state index is 0.122. The van der Waals surface area contributed by atoms with Crippen LogP contribution < -0.4 is 5.32 Å². The highest BCUT2D eigenvalue weighted by Gasteiger charge is 2.38. The molecule has 5 nitrogen and oxygen atoms in total. The molecule has 20 heavy (non-hydrogen) atoms. The quantitative estimate of drug-likeness (QED) is 0.905. The molecule has 0 amide bonds. The lowest BCUT2D eigenvalue weighted by atomic mass is 10.2. The molecule has 1 fully saturated rings. The molecule has 1 aliphatic heterocycles. The number of furan rings is 1. The highest BCUT2D eigenvalue weighted by atomic mass is 32.2. The van der Waals surface area contributed by atoms with Crippen molar-refractivity contribution < 1.29 is 12.8 Å². The van der Waals surface area contributed by atoms with E-state index in [0.29, 0.717) is 29.5 Å². The normalized spacial score (nSPS) is 20.7. The van der Waals surface area contributed by atoms with Gasteiger partial charge in [0, 0.05) is 24.7 Å². The molecular formula is C14H24N2O3S. The van der Waals surface area contributed by atoms with Gasteiger partial charge in [-0.15, -0.1) is 0 Å². The van der Waals surface area contributed by atoms with Crippen LogP contribution in [0.15, 0.2) is 9.31 Å². The van der Waals surface area contributed by atoms with Crippen molar-refractivity contribution in [2.24, 2.45) is 0 Å². The van der Waals surface area contributed by atoms with Crippen LogP contribution in [0, 0.1) is 13.8 Å². The summed E-state index contributed by atoms with van der Waals surface area (Å²) in [7, 11) is -1.65. The van der Waals surface area contributed by atoms with Crippen molar-refractivity contribution in [3.8, 4) is 0 Å². The van der Waals surface area contributed by atoms with Gasteiger partial charge in [-0.1, -0.05) is 6.92 Å². The number of sulfonamides is 1. The fraction of sp³-hybridized carbons (Fsp3) is 0.714. The molecule has 114 valence electrons. The smallest absolute Gasteiger partial charge is 0.247 e. The Kier molecular flexibility index (Phi) is 4.56. The van der Waals surface area contributed by atoms with E-state index >= 15 is 0 Å². The highest BCUT2D eigenvalue weighted by Crippen LogP contribution is 2.33. The number of aryl methyl sites for hydroxylation is 2. The summed E-state index contributed by atoms with van der Waals surface area (Å²) in [6.07, 6.45) is 2.75.